The number of hydroxylamine groups is 1. The molecule has 0 saturated carbocycles. The van der Waals surface area contributed by atoms with Crippen LogP contribution in [0.15, 0.2) is 48.5 Å². The van der Waals surface area contributed by atoms with E-state index in [2.05, 4.69) is 5.48 Å². The topological polar surface area (TPSA) is 38.3 Å². The number of hydrogen-bond acceptors (Lipinski definition) is 2. The third-order valence-corrected chi connectivity index (χ3v) is 2.65. The molecule has 0 bridgehead atoms. The number of carbonyl (C=O) groups is 1. The Kier molecular flexibility index (Phi) is 4.49. The molecule has 1 N–H and O–H groups in total. The molecule has 2 aromatic carbocycles. The fourth-order valence-electron chi connectivity index (χ4n) is 1.49. The largest absolute Gasteiger partial charge is 0.277 e. The average molecular weight is 280 g/mol. The summed E-state index contributed by atoms with van der Waals surface area (Å²) in [6, 6.07) is 13.1. The van der Waals surface area contributed by atoms with Crippen molar-refractivity contribution in [3.63, 3.8) is 0 Å². The molecule has 2 rings (SSSR count). The van der Waals surface area contributed by atoms with Crippen molar-refractivity contribution in [1.29, 1.82) is 0 Å². The first-order valence-corrected chi connectivity index (χ1v) is 5.96. The molecule has 0 heterocycles. The summed E-state index contributed by atoms with van der Waals surface area (Å²) in [6.07, 6.45) is 0. The van der Waals surface area contributed by atoms with Gasteiger partial charge in [-0.05, 0) is 23.8 Å². The minimum atomic E-state index is -0.670. The highest BCUT2D eigenvalue weighted by Crippen LogP contribution is 2.14. The molecule has 3 nitrogen and oxygen atoms in total. The predicted octanol–water partition coefficient (Wildman–Crippen LogP) is 3.34. The second kappa shape index (κ2) is 6.31. The molecule has 0 aliphatic heterocycles. The second-order valence-electron chi connectivity index (χ2n) is 3.83. The van der Waals surface area contributed by atoms with Crippen LogP contribution in [0.1, 0.15) is 15.9 Å². The molecule has 2 aromatic rings. The SMILES string of the molecule is O=C(NOCc1ccccc1)c1cc(Cl)ccc1F. The minimum Gasteiger partial charge on any atom is -0.269 e. The first-order chi connectivity index (χ1) is 9.16. The maximum atomic E-state index is 13.4. The molecule has 98 valence electrons. The minimum absolute atomic E-state index is 0.152. The zero-order valence-electron chi connectivity index (χ0n) is 9.90. The van der Waals surface area contributed by atoms with Crippen molar-refractivity contribution >= 4 is 17.5 Å². The number of nitrogens with one attached hydrogen (secondary N) is 1. The van der Waals surface area contributed by atoms with E-state index in [1.54, 1.807) is 0 Å². The molecular formula is C14H11ClFNO2. The quantitative estimate of drug-likeness (QED) is 0.872. The highest BCUT2D eigenvalue weighted by Gasteiger charge is 2.12. The summed E-state index contributed by atoms with van der Waals surface area (Å²) in [5.74, 6) is -1.32. The van der Waals surface area contributed by atoms with E-state index in [1.165, 1.54) is 12.1 Å². The van der Waals surface area contributed by atoms with Crippen LogP contribution in [0.5, 0.6) is 0 Å². The van der Waals surface area contributed by atoms with Crippen molar-refractivity contribution < 1.29 is 14.0 Å². The van der Waals surface area contributed by atoms with Gasteiger partial charge >= 0.3 is 0 Å². The van der Waals surface area contributed by atoms with Gasteiger partial charge in [0.15, 0.2) is 0 Å². The van der Waals surface area contributed by atoms with Gasteiger partial charge < -0.3 is 0 Å². The standard InChI is InChI=1S/C14H11ClFNO2/c15-11-6-7-13(16)12(8-11)14(18)17-19-9-10-4-2-1-3-5-10/h1-8H,9H2,(H,17,18). The van der Waals surface area contributed by atoms with Crippen LogP contribution in [-0.4, -0.2) is 5.91 Å². The van der Waals surface area contributed by atoms with Gasteiger partial charge in [-0.2, -0.15) is 0 Å². The molecule has 19 heavy (non-hydrogen) atoms. The van der Waals surface area contributed by atoms with E-state index in [1.807, 2.05) is 30.3 Å². The smallest absolute Gasteiger partial charge is 0.269 e. The molecule has 0 radical (unpaired) electrons. The number of amides is 1. The Labute approximate surface area is 114 Å². The Morgan fingerprint density at radius 1 is 1.21 bits per heavy atom. The zero-order chi connectivity index (χ0) is 13.7. The van der Waals surface area contributed by atoms with Gasteiger partial charge in [0.1, 0.15) is 5.82 Å². The molecule has 0 atom stereocenters. The molecule has 0 aromatic heterocycles. The van der Waals surface area contributed by atoms with Crippen LogP contribution in [0, 0.1) is 5.82 Å². The van der Waals surface area contributed by atoms with Crippen LogP contribution < -0.4 is 5.48 Å². The monoisotopic (exact) mass is 279 g/mol. The number of carbonyl (C=O) groups excluding carboxylic acids is 1. The van der Waals surface area contributed by atoms with Crippen LogP contribution >= 0.6 is 11.6 Å². The Morgan fingerprint density at radius 2 is 1.95 bits per heavy atom. The van der Waals surface area contributed by atoms with Gasteiger partial charge in [0.2, 0.25) is 0 Å². The Bertz CT molecular complexity index is 575. The van der Waals surface area contributed by atoms with Crippen LogP contribution in [0.4, 0.5) is 4.39 Å². The van der Waals surface area contributed by atoms with Crippen molar-refractivity contribution in [2.24, 2.45) is 0 Å². The Balaban J connectivity index is 1.93. The molecule has 0 unspecified atom stereocenters. The van der Waals surface area contributed by atoms with Crippen molar-refractivity contribution in [3.8, 4) is 0 Å². The van der Waals surface area contributed by atoms with Crippen LogP contribution in [0.25, 0.3) is 0 Å². The molecular weight excluding hydrogens is 269 g/mol. The first kappa shape index (κ1) is 13.5. The lowest BCUT2D eigenvalue weighted by atomic mass is 10.2. The van der Waals surface area contributed by atoms with Gasteiger partial charge in [0.05, 0.1) is 12.2 Å². The fourth-order valence-corrected chi connectivity index (χ4v) is 1.66. The summed E-state index contributed by atoms with van der Waals surface area (Å²) >= 11 is 5.70. The Hall–Kier alpha value is -1.91. The molecule has 0 aliphatic rings. The van der Waals surface area contributed by atoms with Crippen LogP contribution in [-0.2, 0) is 11.4 Å². The normalized spacial score (nSPS) is 10.2. The lowest BCUT2D eigenvalue weighted by Crippen LogP contribution is -2.24. The van der Waals surface area contributed by atoms with Gasteiger partial charge in [-0.3, -0.25) is 9.63 Å². The number of benzene rings is 2. The maximum absolute atomic E-state index is 13.4. The first-order valence-electron chi connectivity index (χ1n) is 5.58. The maximum Gasteiger partial charge on any atom is 0.277 e. The van der Waals surface area contributed by atoms with Gasteiger partial charge in [-0.1, -0.05) is 41.9 Å². The predicted molar refractivity (Wildman–Crippen MR) is 70.1 cm³/mol. The molecule has 0 fully saturated rings. The van der Waals surface area contributed by atoms with Crippen molar-refractivity contribution in [1.82, 2.24) is 5.48 Å². The van der Waals surface area contributed by atoms with Crippen molar-refractivity contribution in [2.45, 2.75) is 6.61 Å². The molecule has 1 amide bonds. The number of rotatable bonds is 4. The van der Waals surface area contributed by atoms with E-state index in [0.29, 0.717) is 0 Å². The summed E-state index contributed by atoms with van der Waals surface area (Å²) in [6.45, 7) is 0.203. The number of halogens is 2. The fraction of sp³-hybridized carbons (Fsp3) is 0.0714. The van der Waals surface area contributed by atoms with E-state index in [-0.39, 0.29) is 17.2 Å². The van der Waals surface area contributed by atoms with Crippen molar-refractivity contribution in [3.05, 3.63) is 70.5 Å². The second-order valence-corrected chi connectivity index (χ2v) is 4.27. The van der Waals surface area contributed by atoms with Crippen LogP contribution in [0.2, 0.25) is 5.02 Å². The van der Waals surface area contributed by atoms with E-state index < -0.39 is 11.7 Å². The van der Waals surface area contributed by atoms with Gasteiger partial charge in [0, 0.05) is 5.02 Å². The van der Waals surface area contributed by atoms with Gasteiger partial charge in [0.25, 0.3) is 5.91 Å². The molecule has 5 heteroatoms. The zero-order valence-corrected chi connectivity index (χ0v) is 10.7. The van der Waals surface area contributed by atoms with E-state index >= 15 is 0 Å². The molecule has 0 spiro atoms. The molecule has 0 saturated heterocycles. The lowest BCUT2D eigenvalue weighted by Gasteiger charge is -2.07. The summed E-state index contributed by atoms with van der Waals surface area (Å²) in [4.78, 5) is 16.7. The summed E-state index contributed by atoms with van der Waals surface area (Å²) < 4.78 is 13.4. The lowest BCUT2D eigenvalue weighted by molar-refractivity contribution is 0.0230. The third-order valence-electron chi connectivity index (χ3n) is 2.42. The average Bonchev–Trinajstić information content (AvgIpc) is 2.42. The van der Waals surface area contributed by atoms with E-state index in [9.17, 15) is 9.18 Å². The Morgan fingerprint density at radius 3 is 2.68 bits per heavy atom. The molecule has 0 aliphatic carbocycles. The van der Waals surface area contributed by atoms with E-state index in [4.69, 9.17) is 16.4 Å². The highest BCUT2D eigenvalue weighted by atomic mass is 35.5. The van der Waals surface area contributed by atoms with Gasteiger partial charge in [-0.15, -0.1) is 0 Å². The van der Waals surface area contributed by atoms with Crippen molar-refractivity contribution in [2.75, 3.05) is 0 Å². The van der Waals surface area contributed by atoms with E-state index in [0.717, 1.165) is 11.6 Å². The van der Waals surface area contributed by atoms with Crippen LogP contribution in [0.3, 0.4) is 0 Å². The summed E-state index contributed by atoms with van der Waals surface area (Å²) in [5, 5.41) is 0.287. The van der Waals surface area contributed by atoms with Gasteiger partial charge in [-0.25, -0.2) is 9.87 Å². The summed E-state index contributed by atoms with van der Waals surface area (Å²) in [5.41, 5.74) is 2.92. The third kappa shape index (κ3) is 3.77. The summed E-state index contributed by atoms with van der Waals surface area (Å²) in [7, 11) is 0. The number of hydrogen-bond donors (Lipinski definition) is 1. The highest BCUT2D eigenvalue weighted by molar-refractivity contribution is 6.30.